The normalized spacial score (nSPS) is 27.4. The van der Waals surface area contributed by atoms with E-state index < -0.39 is 0 Å². The van der Waals surface area contributed by atoms with Crippen LogP contribution in [0.25, 0.3) is 0 Å². The first-order chi connectivity index (χ1) is 11.7. The number of nitrogens with two attached hydrogens (primary N) is 1. The fraction of sp³-hybridized carbons (Fsp3) is 0.632. The number of nitrogens with one attached hydrogen (secondary N) is 1. The molecule has 3 N–H and O–H groups in total. The first-order valence-corrected chi connectivity index (χ1v) is 9.16. The van der Waals surface area contributed by atoms with Gasteiger partial charge in [-0.05, 0) is 55.7 Å². The lowest BCUT2D eigenvalue weighted by Gasteiger charge is -2.28. The van der Waals surface area contributed by atoms with Crippen molar-refractivity contribution in [3.8, 4) is 11.5 Å². The lowest BCUT2D eigenvalue weighted by atomic mass is 9.85. The molecule has 1 aromatic carbocycles. The monoisotopic (exact) mass is 330 g/mol. The maximum Gasteiger partial charge on any atom is 0.223 e. The minimum absolute atomic E-state index is 0.0622. The molecular formula is C19H26N2O3. The van der Waals surface area contributed by atoms with Crippen LogP contribution in [0.4, 0.5) is 0 Å². The van der Waals surface area contributed by atoms with Gasteiger partial charge in [-0.1, -0.05) is 12.5 Å². The molecule has 5 heteroatoms. The summed E-state index contributed by atoms with van der Waals surface area (Å²) in [5.41, 5.74) is 7.16. The Labute approximate surface area is 142 Å². The van der Waals surface area contributed by atoms with Crippen LogP contribution in [-0.4, -0.2) is 25.2 Å². The summed E-state index contributed by atoms with van der Waals surface area (Å²) in [5.74, 6) is 2.35. The summed E-state index contributed by atoms with van der Waals surface area (Å²) in [6.07, 6.45) is 6.20. The number of hydrogen-bond acceptors (Lipinski definition) is 4. The Hall–Kier alpha value is -1.75. The van der Waals surface area contributed by atoms with Crippen LogP contribution in [0.5, 0.6) is 11.5 Å². The lowest BCUT2D eigenvalue weighted by Crippen LogP contribution is -2.39. The van der Waals surface area contributed by atoms with E-state index in [0.717, 1.165) is 42.7 Å². The number of amides is 1. The van der Waals surface area contributed by atoms with Gasteiger partial charge in [0, 0.05) is 12.0 Å². The zero-order valence-corrected chi connectivity index (χ0v) is 14.0. The number of benzene rings is 1. The van der Waals surface area contributed by atoms with E-state index in [-0.39, 0.29) is 23.9 Å². The summed E-state index contributed by atoms with van der Waals surface area (Å²) < 4.78 is 11.3. The van der Waals surface area contributed by atoms with E-state index in [0.29, 0.717) is 19.1 Å². The van der Waals surface area contributed by atoms with Crippen LogP contribution in [0.2, 0.25) is 0 Å². The zero-order valence-electron chi connectivity index (χ0n) is 14.0. The molecule has 2 aliphatic carbocycles. The Balaban J connectivity index is 1.49. The van der Waals surface area contributed by atoms with Gasteiger partial charge in [0.15, 0.2) is 11.5 Å². The smallest absolute Gasteiger partial charge is 0.223 e. The third-order valence-corrected chi connectivity index (χ3v) is 5.40. The molecule has 0 bridgehead atoms. The summed E-state index contributed by atoms with van der Waals surface area (Å²) in [6, 6.07) is 6.30. The Morgan fingerprint density at radius 3 is 2.67 bits per heavy atom. The van der Waals surface area contributed by atoms with E-state index in [1.54, 1.807) is 0 Å². The van der Waals surface area contributed by atoms with Gasteiger partial charge in [0.2, 0.25) is 5.91 Å². The van der Waals surface area contributed by atoms with E-state index in [4.69, 9.17) is 15.2 Å². The fourth-order valence-electron chi connectivity index (χ4n) is 3.89. The quantitative estimate of drug-likeness (QED) is 0.890. The van der Waals surface area contributed by atoms with E-state index in [9.17, 15) is 4.79 Å². The minimum Gasteiger partial charge on any atom is -0.486 e. The summed E-state index contributed by atoms with van der Waals surface area (Å²) in [7, 11) is 0. The highest BCUT2D eigenvalue weighted by atomic mass is 16.6. The van der Waals surface area contributed by atoms with Crippen molar-refractivity contribution < 1.29 is 14.3 Å². The van der Waals surface area contributed by atoms with Gasteiger partial charge in [0.1, 0.15) is 13.2 Å². The molecule has 2 saturated carbocycles. The fourth-order valence-corrected chi connectivity index (χ4v) is 3.89. The van der Waals surface area contributed by atoms with Crippen molar-refractivity contribution in [1.82, 2.24) is 5.32 Å². The number of rotatable bonds is 4. The second-order valence-electron chi connectivity index (χ2n) is 7.35. The molecule has 4 rings (SSSR count). The van der Waals surface area contributed by atoms with Gasteiger partial charge in [0.05, 0.1) is 6.04 Å². The molecule has 5 nitrogen and oxygen atoms in total. The molecular weight excluding hydrogens is 304 g/mol. The molecule has 3 atom stereocenters. The van der Waals surface area contributed by atoms with Crippen molar-refractivity contribution in [3.63, 3.8) is 0 Å². The van der Waals surface area contributed by atoms with Crippen molar-refractivity contribution in [2.75, 3.05) is 13.2 Å². The van der Waals surface area contributed by atoms with Crippen molar-refractivity contribution in [2.45, 2.75) is 50.6 Å². The number of hydrogen-bond donors (Lipinski definition) is 2. The average Bonchev–Trinajstić information content (AvgIpc) is 3.44. The maximum atomic E-state index is 12.7. The van der Waals surface area contributed by atoms with Gasteiger partial charge in [-0.3, -0.25) is 4.79 Å². The third kappa shape index (κ3) is 3.36. The van der Waals surface area contributed by atoms with E-state index in [2.05, 4.69) is 11.4 Å². The van der Waals surface area contributed by atoms with Gasteiger partial charge < -0.3 is 20.5 Å². The molecule has 0 aromatic heterocycles. The maximum absolute atomic E-state index is 12.7. The van der Waals surface area contributed by atoms with Crippen LogP contribution in [0, 0.1) is 11.8 Å². The molecule has 1 aliphatic heterocycles. The molecule has 0 saturated heterocycles. The number of fused-ring (bicyclic) bond motifs is 1. The average molecular weight is 330 g/mol. The van der Waals surface area contributed by atoms with Crippen molar-refractivity contribution in [1.29, 1.82) is 0 Å². The van der Waals surface area contributed by atoms with Crippen LogP contribution < -0.4 is 20.5 Å². The van der Waals surface area contributed by atoms with Gasteiger partial charge in [-0.25, -0.2) is 0 Å². The van der Waals surface area contributed by atoms with Crippen molar-refractivity contribution in [2.24, 2.45) is 17.6 Å². The van der Waals surface area contributed by atoms with Gasteiger partial charge in [-0.15, -0.1) is 0 Å². The molecule has 1 heterocycles. The van der Waals surface area contributed by atoms with Crippen molar-refractivity contribution in [3.05, 3.63) is 23.8 Å². The van der Waals surface area contributed by atoms with Crippen LogP contribution in [0.3, 0.4) is 0 Å². The molecule has 3 aliphatic rings. The Bertz CT molecular complexity index is 615. The first kappa shape index (κ1) is 15.8. The third-order valence-electron chi connectivity index (χ3n) is 5.40. The summed E-state index contributed by atoms with van der Waals surface area (Å²) in [4.78, 5) is 12.7. The minimum atomic E-state index is 0.0622. The zero-order chi connectivity index (χ0) is 16.5. The van der Waals surface area contributed by atoms with E-state index >= 15 is 0 Å². The number of carbonyl (C=O) groups excluding carboxylic acids is 1. The largest absolute Gasteiger partial charge is 0.486 e. The topological polar surface area (TPSA) is 73.6 Å². The summed E-state index contributed by atoms with van der Waals surface area (Å²) >= 11 is 0. The SMILES string of the molecule is NC1CCCC(C(=O)NC(c2ccc3c(c2)OCCO3)C2CC2)C1. The molecule has 0 radical (unpaired) electrons. The first-order valence-electron chi connectivity index (χ1n) is 9.16. The molecule has 1 aromatic rings. The Morgan fingerprint density at radius 1 is 1.12 bits per heavy atom. The number of ether oxygens (including phenoxy) is 2. The summed E-state index contributed by atoms with van der Waals surface area (Å²) in [5, 5.41) is 3.30. The van der Waals surface area contributed by atoms with Crippen molar-refractivity contribution >= 4 is 5.91 Å². The highest BCUT2D eigenvalue weighted by Crippen LogP contribution is 2.43. The molecule has 3 unspecified atom stereocenters. The predicted molar refractivity (Wildman–Crippen MR) is 91.0 cm³/mol. The standard InChI is InChI=1S/C19H26N2O3/c20-15-3-1-2-14(10-15)19(22)21-18(12-4-5-12)13-6-7-16-17(11-13)24-9-8-23-16/h6-7,11-12,14-15,18H,1-5,8-10,20H2,(H,21,22). The predicted octanol–water partition coefficient (Wildman–Crippen LogP) is 2.54. The Morgan fingerprint density at radius 2 is 1.92 bits per heavy atom. The molecule has 1 amide bonds. The highest BCUT2D eigenvalue weighted by Gasteiger charge is 2.36. The Kier molecular flexibility index (Phi) is 4.35. The lowest BCUT2D eigenvalue weighted by molar-refractivity contribution is -0.127. The van der Waals surface area contributed by atoms with E-state index in [1.165, 1.54) is 12.8 Å². The van der Waals surface area contributed by atoms with Crippen LogP contribution in [-0.2, 0) is 4.79 Å². The van der Waals surface area contributed by atoms with Gasteiger partial charge in [-0.2, -0.15) is 0 Å². The number of carbonyl (C=O) groups is 1. The second kappa shape index (κ2) is 6.63. The van der Waals surface area contributed by atoms with Gasteiger partial charge >= 0.3 is 0 Å². The summed E-state index contributed by atoms with van der Waals surface area (Å²) in [6.45, 7) is 1.17. The molecule has 0 spiro atoms. The molecule has 130 valence electrons. The van der Waals surface area contributed by atoms with Crippen LogP contribution >= 0.6 is 0 Å². The van der Waals surface area contributed by atoms with Crippen LogP contribution in [0.1, 0.15) is 50.1 Å². The van der Waals surface area contributed by atoms with E-state index in [1.807, 2.05) is 12.1 Å². The van der Waals surface area contributed by atoms with Crippen LogP contribution in [0.15, 0.2) is 18.2 Å². The highest BCUT2D eigenvalue weighted by molar-refractivity contribution is 5.79. The van der Waals surface area contributed by atoms with Gasteiger partial charge in [0.25, 0.3) is 0 Å². The second-order valence-corrected chi connectivity index (χ2v) is 7.35. The molecule has 2 fully saturated rings. The molecule has 24 heavy (non-hydrogen) atoms.